The number of methoxy groups -OCH3 is 1. The molecule has 5 rings (SSSR count). The highest BCUT2D eigenvalue weighted by molar-refractivity contribution is 7.93. The standard InChI is InChI=1S/C25H26N6O6S/c1-3-37-21-9-4-6-17(27-21)24-29-23-25(31(24)22-18(33)7-5-8-19(22)36-2)28-20(14-26-23)30-38(34,35)16-12-10-15(32)11-13-16/h5,7-9,14-16,32-33H,3,10-13H2,1-2H3,(H,28,30)/t15-,16-. The number of benzene rings is 1. The third-order valence-corrected chi connectivity index (χ3v) is 8.08. The summed E-state index contributed by atoms with van der Waals surface area (Å²) in [6.45, 7) is 2.21. The number of aliphatic hydroxyl groups excluding tert-OH is 1. The van der Waals surface area contributed by atoms with Crippen molar-refractivity contribution in [1.82, 2.24) is 19.5 Å². The lowest BCUT2D eigenvalue weighted by Crippen LogP contribution is -2.33. The Bertz CT molecular complexity index is 1630. The molecule has 12 nitrogen and oxygen atoms in total. The van der Waals surface area contributed by atoms with Gasteiger partial charge in [-0.25, -0.2) is 28.4 Å². The average Bonchev–Trinajstić information content (AvgIpc) is 3.27. The van der Waals surface area contributed by atoms with Gasteiger partial charge in [-0.05, 0) is 50.5 Å². The second-order valence-electron chi connectivity index (χ2n) is 8.72. The van der Waals surface area contributed by atoms with Gasteiger partial charge in [0.25, 0.3) is 0 Å². The Morgan fingerprint density at radius 1 is 1.21 bits per heavy atom. The maximum Gasteiger partial charge on any atom is 0.236 e. The Morgan fingerprint density at radius 3 is 2.74 bits per heavy atom. The van der Waals surface area contributed by atoms with Crippen LogP contribution >= 0.6 is 0 Å². The molecule has 0 spiro atoms. The van der Waals surface area contributed by atoms with Crippen LogP contribution in [0.4, 0.5) is 5.82 Å². The predicted octanol–water partition coefficient (Wildman–Crippen LogP) is 2.67. The Balaban J connectivity index is 1.66. The summed E-state index contributed by atoms with van der Waals surface area (Å²) < 4.78 is 41.1. The summed E-state index contributed by atoms with van der Waals surface area (Å²) in [5.74, 6) is 0.666. The number of aliphatic imine (C=N–C) groups is 1. The zero-order valence-electron chi connectivity index (χ0n) is 20.7. The number of anilines is 1. The molecule has 3 heterocycles. The average molecular weight is 539 g/mol. The Labute approximate surface area is 218 Å². The van der Waals surface area contributed by atoms with Crippen LogP contribution in [-0.2, 0) is 14.8 Å². The molecule has 13 heteroatoms. The highest BCUT2D eigenvalue weighted by Crippen LogP contribution is 2.37. The molecule has 0 atom stereocenters. The topological polar surface area (TPSA) is 161 Å². The highest BCUT2D eigenvalue weighted by Gasteiger charge is 2.31. The van der Waals surface area contributed by atoms with Gasteiger partial charge in [0.05, 0.1) is 37.3 Å². The smallest absolute Gasteiger partial charge is 0.236 e. The Kier molecular flexibility index (Phi) is 6.92. The number of ether oxygens (including phenoxy) is 2. The maximum atomic E-state index is 13.1. The van der Waals surface area contributed by atoms with E-state index >= 15 is 0 Å². The molecule has 1 aliphatic heterocycles. The van der Waals surface area contributed by atoms with Crippen LogP contribution in [-0.4, -0.2) is 69.1 Å². The highest BCUT2D eigenvalue weighted by atomic mass is 32.2. The number of fused-ring (bicyclic) bond motifs is 1. The largest absolute Gasteiger partial charge is 0.506 e. The molecule has 0 unspecified atom stereocenters. The van der Waals surface area contributed by atoms with E-state index in [-0.39, 0.29) is 40.1 Å². The first-order valence-electron chi connectivity index (χ1n) is 12.1. The minimum atomic E-state index is -3.79. The van der Waals surface area contributed by atoms with E-state index in [2.05, 4.69) is 36.1 Å². The lowest BCUT2D eigenvalue weighted by Gasteiger charge is -2.25. The first-order chi connectivity index (χ1) is 18.3. The fourth-order valence-electron chi connectivity index (χ4n) is 4.42. The van der Waals surface area contributed by atoms with Crippen molar-refractivity contribution in [2.24, 2.45) is 4.99 Å². The first-order valence-corrected chi connectivity index (χ1v) is 13.6. The second-order valence-corrected chi connectivity index (χ2v) is 10.7. The van der Waals surface area contributed by atoms with Crippen molar-refractivity contribution < 1.29 is 28.1 Å². The fourth-order valence-corrected chi connectivity index (χ4v) is 5.87. The third kappa shape index (κ3) is 4.88. The number of aliphatic hydroxyl groups is 1. The van der Waals surface area contributed by atoms with E-state index in [4.69, 9.17) is 9.47 Å². The summed E-state index contributed by atoms with van der Waals surface area (Å²) >= 11 is 0. The van der Waals surface area contributed by atoms with Crippen LogP contribution < -0.4 is 9.46 Å². The van der Waals surface area contributed by atoms with Gasteiger partial charge in [-0.1, -0.05) is 11.8 Å². The van der Waals surface area contributed by atoms with Crippen molar-refractivity contribution in [1.29, 1.82) is 0 Å². The van der Waals surface area contributed by atoms with Crippen LogP contribution in [0.5, 0.6) is 11.5 Å². The molecule has 1 fully saturated rings. The van der Waals surface area contributed by atoms with Gasteiger partial charge < -0.3 is 19.7 Å². The molecular weight excluding hydrogens is 512 g/mol. The third-order valence-electron chi connectivity index (χ3n) is 6.23. The number of nitrogens with zero attached hydrogens (tertiary/aromatic N) is 5. The van der Waals surface area contributed by atoms with Crippen molar-refractivity contribution in [3.05, 3.63) is 47.8 Å². The van der Waals surface area contributed by atoms with Crippen LogP contribution in [0.25, 0.3) is 22.7 Å². The Hall–Kier alpha value is -4.15. The van der Waals surface area contributed by atoms with E-state index in [1.807, 2.05) is 6.92 Å². The maximum absolute atomic E-state index is 13.1. The van der Waals surface area contributed by atoms with Gasteiger partial charge in [-0.3, -0.25) is 9.29 Å². The molecule has 0 amide bonds. The lowest BCUT2D eigenvalue weighted by molar-refractivity contribution is 0.131. The summed E-state index contributed by atoms with van der Waals surface area (Å²) in [4.78, 5) is 17.9. The normalized spacial score (nSPS) is 19.2. The van der Waals surface area contributed by atoms with Gasteiger partial charge in [0.15, 0.2) is 28.6 Å². The number of hydrogen-bond donors (Lipinski definition) is 3. The lowest BCUT2D eigenvalue weighted by atomic mass is 9.97. The minimum absolute atomic E-state index is 0.0164. The van der Waals surface area contributed by atoms with E-state index in [1.54, 1.807) is 12.1 Å². The first kappa shape index (κ1) is 25.5. The molecule has 1 aromatic carbocycles. The number of para-hydroxylation sites is 1. The van der Waals surface area contributed by atoms with Crippen LogP contribution in [0.1, 0.15) is 38.4 Å². The van der Waals surface area contributed by atoms with Crippen LogP contribution in [0.15, 0.2) is 46.9 Å². The quantitative estimate of drug-likeness (QED) is 0.384. The van der Waals surface area contributed by atoms with Gasteiger partial charge in [0.2, 0.25) is 15.9 Å². The van der Waals surface area contributed by atoms with Crippen LogP contribution in [0.2, 0.25) is 0 Å². The molecule has 2 aliphatic rings. The SMILES string of the molecule is CCOC1=NC(c2nc3ncc(NS(=O)(=O)[C@H]4CC[C@H](O)CC4)nc3n2-c2c(O)cccc2OC)=C=C=C1. The number of phenolic OH excluding ortho intramolecular Hbond substituents is 1. The molecule has 0 radical (unpaired) electrons. The zero-order valence-corrected chi connectivity index (χ0v) is 21.6. The van der Waals surface area contributed by atoms with Crippen molar-refractivity contribution in [2.45, 2.75) is 44.0 Å². The van der Waals surface area contributed by atoms with E-state index in [9.17, 15) is 18.6 Å². The molecule has 1 aliphatic carbocycles. The van der Waals surface area contributed by atoms with Crippen LogP contribution in [0, 0.1) is 0 Å². The van der Waals surface area contributed by atoms with Crippen molar-refractivity contribution in [3.8, 4) is 17.2 Å². The summed E-state index contributed by atoms with van der Waals surface area (Å²) in [5, 5.41) is 19.9. The molecule has 38 heavy (non-hydrogen) atoms. The molecule has 3 aromatic rings. The minimum Gasteiger partial charge on any atom is -0.506 e. The molecule has 3 N–H and O–H groups in total. The number of imidazole rings is 1. The van der Waals surface area contributed by atoms with E-state index in [0.717, 1.165) is 0 Å². The van der Waals surface area contributed by atoms with E-state index < -0.39 is 21.4 Å². The van der Waals surface area contributed by atoms with Crippen molar-refractivity contribution in [2.75, 3.05) is 18.4 Å². The number of nitrogens with one attached hydrogen (secondary N) is 1. The van der Waals surface area contributed by atoms with Gasteiger partial charge in [-0.15, -0.1) is 0 Å². The van der Waals surface area contributed by atoms with Gasteiger partial charge in [0.1, 0.15) is 17.2 Å². The molecule has 0 saturated heterocycles. The molecule has 2 aromatic heterocycles. The molecular formula is C25H26N6O6S. The number of rotatable bonds is 7. The van der Waals surface area contributed by atoms with Crippen LogP contribution in [0.3, 0.4) is 0 Å². The summed E-state index contributed by atoms with van der Waals surface area (Å²) in [6.07, 6.45) is 3.86. The van der Waals surface area contributed by atoms with E-state index in [0.29, 0.717) is 43.9 Å². The summed E-state index contributed by atoms with van der Waals surface area (Å²) in [5.41, 5.74) is 6.52. The van der Waals surface area contributed by atoms with Gasteiger partial charge >= 0.3 is 0 Å². The van der Waals surface area contributed by atoms with E-state index in [1.165, 1.54) is 30.0 Å². The summed E-state index contributed by atoms with van der Waals surface area (Å²) in [7, 11) is -2.34. The molecule has 1 saturated carbocycles. The second kappa shape index (κ2) is 10.3. The number of phenols is 1. The number of sulfonamides is 1. The number of hydrogen-bond acceptors (Lipinski definition) is 10. The fraction of sp³-hybridized carbons (Fsp3) is 0.360. The van der Waals surface area contributed by atoms with Crippen molar-refractivity contribution in [3.63, 3.8) is 0 Å². The number of aromatic hydroxyl groups is 1. The Morgan fingerprint density at radius 2 is 2.00 bits per heavy atom. The zero-order chi connectivity index (χ0) is 26.9. The van der Waals surface area contributed by atoms with Gasteiger partial charge in [0, 0.05) is 0 Å². The molecule has 0 bridgehead atoms. The number of aromatic nitrogens is 4. The predicted molar refractivity (Wildman–Crippen MR) is 140 cm³/mol. The van der Waals surface area contributed by atoms with Gasteiger partial charge in [-0.2, -0.15) is 0 Å². The van der Waals surface area contributed by atoms with Crippen molar-refractivity contribution >= 4 is 38.7 Å². The molecule has 198 valence electrons. The summed E-state index contributed by atoms with van der Waals surface area (Å²) in [6, 6.07) is 4.75. The monoisotopic (exact) mass is 538 g/mol.